The molecule has 11 rings (SSSR count). The van der Waals surface area contributed by atoms with E-state index in [4.69, 9.17) is 15.0 Å². The van der Waals surface area contributed by atoms with Gasteiger partial charge in [0.05, 0.1) is 11.0 Å². The predicted octanol–water partition coefficient (Wildman–Crippen LogP) is 13.7. The zero-order valence-corrected chi connectivity index (χ0v) is 31.0. The van der Waals surface area contributed by atoms with Crippen LogP contribution in [0.1, 0.15) is 0 Å². The standard InChI is InChI=1S/C51H32N4S/c1-3-14-33(15-4-1)35-18-11-21-38(30-35)50-52-49(34-16-5-2-6-17-34)53-51(54-50)39-22-12-19-36(31-39)37-20-13-23-40(32-37)55-44-26-9-7-25-43(44)47-45(55)29-28-42-41-24-8-10-27-46(41)56-48(42)47/h1-32H. The van der Waals surface area contributed by atoms with E-state index in [1.807, 2.05) is 47.7 Å². The smallest absolute Gasteiger partial charge is 0.164 e. The number of hydrogen-bond donors (Lipinski definition) is 0. The molecule has 0 saturated carbocycles. The van der Waals surface area contributed by atoms with Gasteiger partial charge in [0.15, 0.2) is 17.5 Å². The van der Waals surface area contributed by atoms with E-state index in [9.17, 15) is 0 Å². The van der Waals surface area contributed by atoms with E-state index in [1.165, 1.54) is 42.0 Å². The lowest BCUT2D eigenvalue weighted by molar-refractivity contribution is 1.07. The van der Waals surface area contributed by atoms with Crippen molar-refractivity contribution in [1.82, 2.24) is 19.5 Å². The Morgan fingerprint density at radius 2 is 0.857 bits per heavy atom. The maximum atomic E-state index is 5.11. The van der Waals surface area contributed by atoms with Gasteiger partial charge in [-0.2, -0.15) is 0 Å². The molecule has 0 amide bonds. The van der Waals surface area contributed by atoms with Crippen LogP contribution < -0.4 is 0 Å². The minimum absolute atomic E-state index is 0.631. The van der Waals surface area contributed by atoms with Gasteiger partial charge in [0.2, 0.25) is 0 Å². The Morgan fingerprint density at radius 1 is 0.339 bits per heavy atom. The monoisotopic (exact) mass is 732 g/mol. The van der Waals surface area contributed by atoms with Gasteiger partial charge in [-0.25, -0.2) is 15.0 Å². The molecule has 0 spiro atoms. The van der Waals surface area contributed by atoms with E-state index in [2.05, 4.69) is 162 Å². The Hall–Kier alpha value is -7.21. The first-order chi connectivity index (χ1) is 27.7. The fourth-order valence-corrected chi connectivity index (χ4v) is 9.25. The lowest BCUT2D eigenvalue weighted by Gasteiger charge is -2.12. The number of rotatable bonds is 6. The van der Waals surface area contributed by atoms with Crippen molar-refractivity contribution in [2.75, 3.05) is 0 Å². The number of fused-ring (bicyclic) bond motifs is 7. The number of aromatic nitrogens is 4. The number of benzene rings is 8. The molecule has 4 nitrogen and oxygen atoms in total. The lowest BCUT2D eigenvalue weighted by Crippen LogP contribution is -2.00. The van der Waals surface area contributed by atoms with Crippen molar-refractivity contribution >= 4 is 53.3 Å². The van der Waals surface area contributed by atoms with E-state index in [-0.39, 0.29) is 0 Å². The maximum absolute atomic E-state index is 5.11. The summed E-state index contributed by atoms with van der Waals surface area (Å²) >= 11 is 1.88. The second kappa shape index (κ2) is 13.3. The van der Waals surface area contributed by atoms with E-state index in [0.717, 1.165) is 44.6 Å². The van der Waals surface area contributed by atoms with E-state index >= 15 is 0 Å². The van der Waals surface area contributed by atoms with Crippen LogP contribution in [0.25, 0.3) is 104 Å². The van der Waals surface area contributed by atoms with Crippen LogP contribution in [0, 0.1) is 0 Å². The number of nitrogens with zero attached hydrogens (tertiary/aromatic N) is 4. The normalized spacial score (nSPS) is 11.6. The summed E-state index contributed by atoms with van der Waals surface area (Å²) in [6, 6.07) is 68.5. The molecule has 262 valence electrons. The first kappa shape index (κ1) is 32.2. The summed E-state index contributed by atoms with van der Waals surface area (Å²) in [7, 11) is 0. The summed E-state index contributed by atoms with van der Waals surface area (Å²) in [6.45, 7) is 0. The molecular weight excluding hydrogens is 701 g/mol. The van der Waals surface area contributed by atoms with Crippen LogP contribution in [0.2, 0.25) is 0 Å². The molecule has 0 saturated heterocycles. The Kier molecular flexibility index (Phi) is 7.64. The maximum Gasteiger partial charge on any atom is 0.164 e. The van der Waals surface area contributed by atoms with Gasteiger partial charge < -0.3 is 4.57 Å². The molecule has 3 heterocycles. The van der Waals surface area contributed by atoms with E-state index in [1.54, 1.807) is 0 Å². The molecule has 0 bridgehead atoms. The van der Waals surface area contributed by atoms with Crippen LogP contribution in [0.15, 0.2) is 194 Å². The lowest BCUT2D eigenvalue weighted by atomic mass is 10.0. The zero-order chi connectivity index (χ0) is 37.0. The summed E-state index contributed by atoms with van der Waals surface area (Å²) in [5.74, 6) is 1.91. The van der Waals surface area contributed by atoms with Gasteiger partial charge in [-0.1, -0.05) is 152 Å². The molecule has 56 heavy (non-hydrogen) atoms. The average molecular weight is 733 g/mol. The van der Waals surface area contributed by atoms with Crippen LogP contribution >= 0.6 is 11.3 Å². The predicted molar refractivity (Wildman–Crippen MR) is 234 cm³/mol. The highest BCUT2D eigenvalue weighted by molar-refractivity contribution is 7.26. The number of thiophene rings is 1. The number of para-hydroxylation sites is 1. The fraction of sp³-hybridized carbons (Fsp3) is 0. The van der Waals surface area contributed by atoms with Gasteiger partial charge in [-0.3, -0.25) is 0 Å². The van der Waals surface area contributed by atoms with Gasteiger partial charge >= 0.3 is 0 Å². The van der Waals surface area contributed by atoms with Gasteiger partial charge in [0, 0.05) is 53.3 Å². The molecule has 0 aliphatic heterocycles. The third-order valence-corrected chi connectivity index (χ3v) is 11.8. The Bertz CT molecular complexity index is 3250. The van der Waals surface area contributed by atoms with Crippen molar-refractivity contribution < 1.29 is 0 Å². The summed E-state index contributed by atoms with van der Waals surface area (Å²) in [5.41, 5.74) is 10.8. The molecule has 3 aromatic heterocycles. The molecule has 8 aromatic carbocycles. The summed E-state index contributed by atoms with van der Waals surface area (Å²) in [4.78, 5) is 15.2. The minimum atomic E-state index is 0.631. The van der Waals surface area contributed by atoms with Crippen molar-refractivity contribution in [2.45, 2.75) is 0 Å². The minimum Gasteiger partial charge on any atom is -0.309 e. The average Bonchev–Trinajstić information content (AvgIpc) is 3.83. The fourth-order valence-electron chi connectivity index (χ4n) is 7.99. The summed E-state index contributed by atoms with van der Waals surface area (Å²) < 4.78 is 5.06. The van der Waals surface area contributed by atoms with Crippen LogP contribution in [-0.2, 0) is 0 Å². The van der Waals surface area contributed by atoms with Gasteiger partial charge in [0.25, 0.3) is 0 Å². The molecule has 0 unspecified atom stereocenters. The van der Waals surface area contributed by atoms with Crippen molar-refractivity contribution in [1.29, 1.82) is 0 Å². The molecule has 0 aliphatic carbocycles. The molecule has 5 heteroatoms. The molecule has 0 fully saturated rings. The quantitative estimate of drug-likeness (QED) is 0.171. The Morgan fingerprint density at radius 3 is 1.57 bits per heavy atom. The van der Waals surface area contributed by atoms with Crippen molar-refractivity contribution in [3.05, 3.63) is 194 Å². The largest absolute Gasteiger partial charge is 0.309 e. The van der Waals surface area contributed by atoms with Crippen molar-refractivity contribution in [3.63, 3.8) is 0 Å². The molecule has 11 aromatic rings. The second-order valence-electron chi connectivity index (χ2n) is 14.0. The third kappa shape index (κ3) is 5.48. The highest BCUT2D eigenvalue weighted by Crippen LogP contribution is 2.43. The number of hydrogen-bond acceptors (Lipinski definition) is 4. The van der Waals surface area contributed by atoms with E-state index < -0.39 is 0 Å². The highest BCUT2D eigenvalue weighted by atomic mass is 32.1. The second-order valence-corrected chi connectivity index (χ2v) is 15.1. The Labute approximate surface area is 327 Å². The van der Waals surface area contributed by atoms with Gasteiger partial charge in [-0.15, -0.1) is 11.3 Å². The van der Waals surface area contributed by atoms with Crippen molar-refractivity contribution in [2.24, 2.45) is 0 Å². The third-order valence-electron chi connectivity index (χ3n) is 10.6. The molecule has 0 N–H and O–H groups in total. The van der Waals surface area contributed by atoms with Gasteiger partial charge in [-0.05, 0) is 64.7 Å². The van der Waals surface area contributed by atoms with Gasteiger partial charge in [0.1, 0.15) is 0 Å². The summed E-state index contributed by atoms with van der Waals surface area (Å²) in [6.07, 6.45) is 0. The Balaban J connectivity index is 1.03. The first-order valence-corrected chi connectivity index (χ1v) is 19.6. The SMILES string of the molecule is c1ccc(-c2cccc(-c3nc(-c4ccccc4)nc(-c4cccc(-c5cccc(-n6c7ccccc7c7c8sc9ccccc9c8ccc76)c5)c4)n3)c2)cc1. The molecular formula is C51H32N4S. The van der Waals surface area contributed by atoms with Crippen LogP contribution in [0.4, 0.5) is 0 Å². The highest BCUT2D eigenvalue weighted by Gasteiger charge is 2.18. The van der Waals surface area contributed by atoms with Crippen molar-refractivity contribution in [3.8, 4) is 62.1 Å². The van der Waals surface area contributed by atoms with Crippen LogP contribution in [0.3, 0.4) is 0 Å². The van der Waals surface area contributed by atoms with Crippen LogP contribution in [-0.4, -0.2) is 19.5 Å². The molecule has 0 aliphatic rings. The summed E-state index contributed by atoms with van der Waals surface area (Å²) in [5, 5.41) is 5.20. The first-order valence-electron chi connectivity index (χ1n) is 18.8. The molecule has 0 atom stereocenters. The molecule has 0 radical (unpaired) electrons. The topological polar surface area (TPSA) is 43.6 Å². The zero-order valence-electron chi connectivity index (χ0n) is 30.2. The van der Waals surface area contributed by atoms with E-state index in [0.29, 0.717) is 17.5 Å². The van der Waals surface area contributed by atoms with Crippen LogP contribution in [0.5, 0.6) is 0 Å².